The second-order valence-electron chi connectivity index (χ2n) is 6.81. The van der Waals surface area contributed by atoms with E-state index in [4.69, 9.17) is 9.47 Å². The normalized spacial score (nSPS) is 18.9. The highest BCUT2D eigenvalue weighted by atomic mass is 16.6. The van der Waals surface area contributed by atoms with Crippen molar-refractivity contribution in [1.29, 1.82) is 0 Å². The molecule has 0 saturated carbocycles. The summed E-state index contributed by atoms with van der Waals surface area (Å²) in [5.74, 6) is 1.49. The van der Waals surface area contributed by atoms with Crippen molar-refractivity contribution >= 4 is 12.1 Å². The van der Waals surface area contributed by atoms with Crippen LogP contribution >= 0.6 is 0 Å². The van der Waals surface area contributed by atoms with Crippen molar-refractivity contribution in [3.05, 3.63) is 0 Å². The fourth-order valence-electron chi connectivity index (χ4n) is 2.52. The fraction of sp³-hybridized carbons (Fsp3) is 0.875. The Bertz CT molecular complexity index is 393. The molecule has 1 saturated heterocycles. The van der Waals surface area contributed by atoms with Crippen molar-refractivity contribution in [2.75, 3.05) is 46.9 Å². The molecule has 1 unspecified atom stereocenters. The molecule has 1 amide bonds. The monoisotopic (exact) mass is 328 g/mol. The van der Waals surface area contributed by atoms with Gasteiger partial charge in [-0.05, 0) is 33.6 Å². The number of alkyl carbamates (subject to hydrolysis) is 1. The lowest BCUT2D eigenvalue weighted by Gasteiger charge is -2.22. The van der Waals surface area contributed by atoms with Crippen LogP contribution in [0.25, 0.3) is 0 Å². The number of carbonyl (C=O) groups is 1. The Morgan fingerprint density at radius 1 is 1.30 bits per heavy atom. The van der Waals surface area contributed by atoms with Gasteiger partial charge >= 0.3 is 6.09 Å². The molecule has 0 aromatic rings. The van der Waals surface area contributed by atoms with Crippen molar-refractivity contribution in [3.63, 3.8) is 0 Å². The van der Waals surface area contributed by atoms with Crippen LogP contribution in [-0.4, -0.2) is 69.5 Å². The first-order valence-corrected chi connectivity index (χ1v) is 8.27. The summed E-state index contributed by atoms with van der Waals surface area (Å²) in [7, 11) is 3.54. The first-order chi connectivity index (χ1) is 10.9. The molecular formula is C16H32N4O3. The Labute approximate surface area is 139 Å². The Morgan fingerprint density at radius 3 is 2.61 bits per heavy atom. The number of ether oxygens (including phenoxy) is 2. The summed E-state index contributed by atoms with van der Waals surface area (Å²) in [5, 5.41) is 6.09. The van der Waals surface area contributed by atoms with E-state index in [9.17, 15) is 4.79 Å². The second-order valence-corrected chi connectivity index (χ2v) is 6.81. The molecule has 0 bridgehead atoms. The number of carbonyl (C=O) groups excluding carboxylic acids is 1. The van der Waals surface area contributed by atoms with E-state index in [-0.39, 0.29) is 6.09 Å². The zero-order valence-electron chi connectivity index (χ0n) is 15.1. The van der Waals surface area contributed by atoms with Crippen LogP contribution in [0.3, 0.4) is 0 Å². The van der Waals surface area contributed by atoms with E-state index in [2.05, 4.69) is 20.5 Å². The molecule has 0 aromatic carbocycles. The Morgan fingerprint density at radius 2 is 2.00 bits per heavy atom. The van der Waals surface area contributed by atoms with Gasteiger partial charge < -0.3 is 25.0 Å². The van der Waals surface area contributed by atoms with Crippen molar-refractivity contribution in [2.45, 2.75) is 39.2 Å². The predicted octanol–water partition coefficient (Wildman–Crippen LogP) is 1.44. The number of nitrogens with zero attached hydrogens (tertiary/aromatic N) is 2. The number of nitrogens with one attached hydrogen (secondary N) is 2. The molecule has 1 heterocycles. The maximum Gasteiger partial charge on any atom is 0.407 e. The summed E-state index contributed by atoms with van der Waals surface area (Å²) >= 11 is 0. The van der Waals surface area contributed by atoms with Gasteiger partial charge in [0.25, 0.3) is 0 Å². The minimum absolute atomic E-state index is 0.371. The van der Waals surface area contributed by atoms with Crippen molar-refractivity contribution in [2.24, 2.45) is 10.9 Å². The predicted molar refractivity (Wildman–Crippen MR) is 91.8 cm³/mol. The van der Waals surface area contributed by atoms with Gasteiger partial charge in [-0.3, -0.25) is 4.99 Å². The number of guanidine groups is 1. The summed E-state index contributed by atoms with van der Waals surface area (Å²) in [5.41, 5.74) is -0.459. The highest BCUT2D eigenvalue weighted by molar-refractivity contribution is 5.80. The van der Waals surface area contributed by atoms with Gasteiger partial charge in [-0.2, -0.15) is 0 Å². The first-order valence-electron chi connectivity index (χ1n) is 8.27. The lowest BCUT2D eigenvalue weighted by atomic mass is 10.1. The lowest BCUT2D eigenvalue weighted by molar-refractivity contribution is 0.0527. The molecule has 1 aliphatic rings. The van der Waals surface area contributed by atoms with E-state index in [0.29, 0.717) is 12.5 Å². The minimum atomic E-state index is -0.459. The summed E-state index contributed by atoms with van der Waals surface area (Å²) in [6.07, 6.45) is 1.58. The smallest absolute Gasteiger partial charge is 0.407 e. The van der Waals surface area contributed by atoms with Gasteiger partial charge in [0.05, 0.1) is 6.61 Å². The minimum Gasteiger partial charge on any atom is -0.444 e. The van der Waals surface area contributed by atoms with Gasteiger partial charge in [0, 0.05) is 46.3 Å². The van der Waals surface area contributed by atoms with E-state index in [1.54, 1.807) is 14.2 Å². The van der Waals surface area contributed by atoms with E-state index in [1.807, 2.05) is 20.8 Å². The molecule has 1 fully saturated rings. The van der Waals surface area contributed by atoms with Gasteiger partial charge in [0.2, 0.25) is 0 Å². The molecule has 0 radical (unpaired) electrons. The molecule has 0 aromatic heterocycles. The molecule has 1 rings (SSSR count). The summed E-state index contributed by atoms with van der Waals surface area (Å²) in [6.45, 7) is 9.67. The third-order valence-corrected chi connectivity index (χ3v) is 3.50. The van der Waals surface area contributed by atoms with Crippen LogP contribution in [0.5, 0.6) is 0 Å². The molecule has 0 spiro atoms. The van der Waals surface area contributed by atoms with Gasteiger partial charge in [-0.1, -0.05) is 0 Å². The van der Waals surface area contributed by atoms with Crippen LogP contribution in [0.2, 0.25) is 0 Å². The number of methoxy groups -OCH3 is 1. The highest BCUT2D eigenvalue weighted by Crippen LogP contribution is 2.16. The quantitative estimate of drug-likeness (QED) is 0.438. The molecular weight excluding hydrogens is 296 g/mol. The summed E-state index contributed by atoms with van der Waals surface area (Å²) < 4.78 is 10.4. The lowest BCUT2D eigenvalue weighted by Crippen LogP contribution is -2.41. The number of amides is 1. The number of aliphatic imine (C=N–C) groups is 1. The van der Waals surface area contributed by atoms with Gasteiger partial charge in [0.1, 0.15) is 5.60 Å². The molecule has 1 atom stereocenters. The summed E-state index contributed by atoms with van der Waals surface area (Å²) in [4.78, 5) is 18.1. The average molecular weight is 328 g/mol. The molecule has 134 valence electrons. The van der Waals surface area contributed by atoms with Crippen LogP contribution in [0.15, 0.2) is 4.99 Å². The fourth-order valence-corrected chi connectivity index (χ4v) is 2.52. The van der Waals surface area contributed by atoms with Crippen molar-refractivity contribution in [3.8, 4) is 0 Å². The van der Waals surface area contributed by atoms with Crippen LogP contribution in [-0.2, 0) is 9.47 Å². The number of hydrogen-bond donors (Lipinski definition) is 2. The topological polar surface area (TPSA) is 75.2 Å². The van der Waals surface area contributed by atoms with Crippen molar-refractivity contribution in [1.82, 2.24) is 15.5 Å². The molecule has 23 heavy (non-hydrogen) atoms. The largest absolute Gasteiger partial charge is 0.444 e. The standard InChI is InChI=1S/C16H32N4O3/c1-16(2,3)23-15(21)19-9-6-8-18-14(17-4)20-10-7-13(11-20)12-22-5/h13H,6-12H2,1-5H3,(H,17,18)(H,19,21). The average Bonchev–Trinajstić information content (AvgIpc) is 2.89. The molecule has 1 aliphatic heterocycles. The van der Waals surface area contributed by atoms with Gasteiger partial charge in [-0.15, -0.1) is 0 Å². The van der Waals surface area contributed by atoms with Crippen LogP contribution in [0.1, 0.15) is 33.6 Å². The SMILES string of the molecule is CN=C(NCCCNC(=O)OC(C)(C)C)N1CCC(COC)C1. The van der Waals surface area contributed by atoms with Crippen LogP contribution in [0, 0.1) is 5.92 Å². The molecule has 7 nitrogen and oxygen atoms in total. The van der Waals surface area contributed by atoms with Gasteiger partial charge in [0.15, 0.2) is 5.96 Å². The van der Waals surface area contributed by atoms with E-state index in [0.717, 1.165) is 45.0 Å². The van der Waals surface area contributed by atoms with Crippen LogP contribution < -0.4 is 10.6 Å². The second kappa shape index (κ2) is 9.60. The molecule has 2 N–H and O–H groups in total. The third kappa shape index (κ3) is 8.06. The van der Waals surface area contributed by atoms with E-state index in [1.165, 1.54) is 0 Å². The third-order valence-electron chi connectivity index (χ3n) is 3.50. The summed E-state index contributed by atoms with van der Waals surface area (Å²) in [6, 6.07) is 0. The number of hydrogen-bond acceptors (Lipinski definition) is 4. The molecule has 0 aliphatic carbocycles. The Kier molecular flexibility index (Phi) is 8.16. The highest BCUT2D eigenvalue weighted by Gasteiger charge is 2.24. The molecule has 7 heteroatoms. The number of rotatable bonds is 6. The van der Waals surface area contributed by atoms with Crippen molar-refractivity contribution < 1.29 is 14.3 Å². The Hall–Kier alpha value is -1.50. The zero-order valence-corrected chi connectivity index (χ0v) is 15.1. The van der Waals surface area contributed by atoms with E-state index < -0.39 is 5.60 Å². The van der Waals surface area contributed by atoms with Crippen LogP contribution in [0.4, 0.5) is 4.79 Å². The maximum atomic E-state index is 11.5. The Balaban J connectivity index is 2.18. The zero-order chi connectivity index (χ0) is 17.3. The first kappa shape index (κ1) is 19.5. The van der Waals surface area contributed by atoms with E-state index >= 15 is 0 Å². The van der Waals surface area contributed by atoms with Gasteiger partial charge in [-0.25, -0.2) is 4.79 Å². The maximum absolute atomic E-state index is 11.5. The number of likely N-dealkylation sites (tertiary alicyclic amines) is 1.